The average Bonchev–Trinajstić information content (AvgIpc) is 3.47. The van der Waals surface area contributed by atoms with Crippen molar-refractivity contribution in [3.8, 4) is 0 Å². The lowest BCUT2D eigenvalue weighted by Gasteiger charge is -2.20. The van der Waals surface area contributed by atoms with Crippen LogP contribution in [-0.4, -0.2) is 35.8 Å². The van der Waals surface area contributed by atoms with Crippen molar-refractivity contribution in [2.24, 2.45) is 0 Å². The highest BCUT2D eigenvalue weighted by molar-refractivity contribution is 6.06. The Morgan fingerprint density at radius 1 is 0.886 bits per heavy atom. The van der Waals surface area contributed by atoms with Crippen LogP contribution in [0.1, 0.15) is 46.0 Å². The Morgan fingerprint density at radius 2 is 1.61 bits per heavy atom. The molecule has 44 heavy (non-hydrogen) atoms. The first-order chi connectivity index (χ1) is 21.3. The predicted molar refractivity (Wildman–Crippen MR) is 171 cm³/mol. The largest absolute Gasteiger partial charge is 0.478 e. The lowest BCUT2D eigenvalue weighted by atomic mass is 9.97. The fraction of sp³-hybridized carbons (Fsp3) is 0.143. The minimum atomic E-state index is -1.09. The van der Waals surface area contributed by atoms with E-state index < -0.39 is 5.97 Å². The summed E-state index contributed by atoms with van der Waals surface area (Å²) in [5.74, 6) is -1.67. The zero-order chi connectivity index (χ0) is 31.1. The zero-order valence-electron chi connectivity index (χ0n) is 24.2. The number of aromatic carboxylic acids is 1. The fourth-order valence-corrected chi connectivity index (χ4v) is 5.28. The molecular formula is C35H32N4O5. The second kappa shape index (κ2) is 13.5. The Kier molecular flexibility index (Phi) is 9.15. The first-order valence-electron chi connectivity index (χ1n) is 14.2. The summed E-state index contributed by atoms with van der Waals surface area (Å²) in [5, 5.41) is 18.4. The van der Waals surface area contributed by atoms with E-state index in [9.17, 15) is 24.3 Å². The number of benzene rings is 4. The van der Waals surface area contributed by atoms with Gasteiger partial charge in [0.2, 0.25) is 18.2 Å². The maximum atomic E-state index is 13.0. The molecule has 0 aliphatic carbocycles. The summed E-state index contributed by atoms with van der Waals surface area (Å²) in [7, 11) is 0. The van der Waals surface area contributed by atoms with E-state index in [0.29, 0.717) is 37.2 Å². The van der Waals surface area contributed by atoms with Gasteiger partial charge in [-0.25, -0.2) is 4.79 Å². The van der Waals surface area contributed by atoms with Crippen molar-refractivity contribution in [3.63, 3.8) is 0 Å². The van der Waals surface area contributed by atoms with Crippen LogP contribution < -0.4 is 20.9 Å². The topological polar surface area (TPSA) is 128 Å². The summed E-state index contributed by atoms with van der Waals surface area (Å²) >= 11 is 0. The molecule has 0 saturated heterocycles. The van der Waals surface area contributed by atoms with E-state index in [4.69, 9.17) is 0 Å². The molecule has 0 radical (unpaired) electrons. The van der Waals surface area contributed by atoms with Crippen LogP contribution in [0.3, 0.4) is 0 Å². The lowest BCUT2D eigenvalue weighted by molar-refractivity contribution is -0.128. The van der Waals surface area contributed by atoms with Gasteiger partial charge in [0.25, 0.3) is 0 Å². The van der Waals surface area contributed by atoms with E-state index in [1.165, 1.54) is 12.1 Å². The second-order valence-corrected chi connectivity index (χ2v) is 10.4. The number of rotatable bonds is 11. The number of hydrogen-bond donors (Lipinski definition) is 4. The summed E-state index contributed by atoms with van der Waals surface area (Å²) in [6.07, 6.45) is 0.938. The highest BCUT2D eigenvalue weighted by atomic mass is 16.4. The second-order valence-electron chi connectivity index (χ2n) is 10.4. The molecule has 222 valence electrons. The van der Waals surface area contributed by atoms with Gasteiger partial charge in [0.05, 0.1) is 5.56 Å². The number of carbonyl (C=O) groups excluding carboxylic acids is 3. The van der Waals surface area contributed by atoms with E-state index in [1.54, 1.807) is 11.0 Å². The van der Waals surface area contributed by atoms with Crippen LogP contribution in [0.4, 0.5) is 17.1 Å². The number of anilines is 3. The van der Waals surface area contributed by atoms with Crippen molar-refractivity contribution in [2.75, 3.05) is 22.1 Å². The normalized spacial score (nSPS) is 12.5. The van der Waals surface area contributed by atoms with E-state index in [0.717, 1.165) is 39.3 Å². The summed E-state index contributed by atoms with van der Waals surface area (Å²) < 4.78 is 0. The van der Waals surface area contributed by atoms with Gasteiger partial charge in [-0.15, -0.1) is 0 Å². The number of nitrogens with one attached hydrogen (secondary N) is 3. The first-order valence-corrected chi connectivity index (χ1v) is 14.2. The van der Waals surface area contributed by atoms with Crippen LogP contribution in [0, 0.1) is 0 Å². The molecule has 9 nitrogen and oxygen atoms in total. The lowest BCUT2D eigenvalue weighted by Crippen LogP contribution is -2.34. The van der Waals surface area contributed by atoms with E-state index >= 15 is 0 Å². The number of amides is 3. The summed E-state index contributed by atoms with van der Waals surface area (Å²) in [6, 6.07) is 29.6. The van der Waals surface area contributed by atoms with Gasteiger partial charge >= 0.3 is 5.97 Å². The predicted octanol–water partition coefficient (Wildman–Crippen LogP) is 5.55. The van der Waals surface area contributed by atoms with Crippen LogP contribution in [0.15, 0.2) is 97.1 Å². The van der Waals surface area contributed by atoms with Gasteiger partial charge in [0.1, 0.15) is 6.42 Å². The average molecular weight is 589 g/mol. The highest BCUT2D eigenvalue weighted by Gasteiger charge is 2.26. The van der Waals surface area contributed by atoms with Gasteiger partial charge in [0.15, 0.2) is 0 Å². The third-order valence-corrected chi connectivity index (χ3v) is 7.51. The molecule has 0 unspecified atom stereocenters. The Balaban J connectivity index is 1.37. The van der Waals surface area contributed by atoms with Crippen molar-refractivity contribution >= 4 is 52.5 Å². The zero-order valence-corrected chi connectivity index (χ0v) is 24.2. The van der Waals surface area contributed by atoms with Gasteiger partial charge in [-0.05, 0) is 65.9 Å². The Labute approximate surface area is 255 Å². The van der Waals surface area contributed by atoms with Crippen LogP contribution in [-0.2, 0) is 27.3 Å². The van der Waals surface area contributed by atoms with Crippen LogP contribution in [0.25, 0.3) is 11.3 Å². The van der Waals surface area contributed by atoms with E-state index in [1.807, 2.05) is 85.8 Å². The Hall–Kier alpha value is -5.70. The number of allylic oxidation sites excluding steroid dienone is 1. The number of carbonyl (C=O) groups is 4. The first kappa shape index (κ1) is 29.8. The standard InChI is InChI=1S/C35H32N4O5/c1-23(29-14-12-27(35(43)44)19-30(29)37-22-40)34(25-10-6-3-7-11-25)38-28-13-15-31-26(18-28)16-17-39(31)33(42)20-32(41)36-21-24-8-4-2-5-9-24/h2-15,18-19,22,38H,16-17,20-21H2,1H3,(H,36,41)(H,37,40)(H,43,44)/b34-23+. The summed E-state index contributed by atoms with van der Waals surface area (Å²) in [4.78, 5) is 50.1. The van der Waals surface area contributed by atoms with Crippen LogP contribution in [0.2, 0.25) is 0 Å². The molecule has 1 aliphatic rings. The molecule has 3 amide bonds. The maximum Gasteiger partial charge on any atom is 0.335 e. The number of nitrogens with zero attached hydrogens (tertiary/aromatic N) is 1. The summed E-state index contributed by atoms with van der Waals surface area (Å²) in [6.45, 7) is 2.75. The van der Waals surface area contributed by atoms with Gasteiger partial charge in [-0.2, -0.15) is 0 Å². The quantitative estimate of drug-likeness (QED) is 0.103. The SMILES string of the molecule is C/C(=C(\Nc1ccc2c(c1)CCN2C(=O)CC(=O)NCc1ccccc1)c1ccccc1)c1ccc(C(=O)O)cc1NC=O. The molecule has 1 aliphatic heterocycles. The van der Waals surface area contributed by atoms with Crippen molar-refractivity contribution in [1.29, 1.82) is 0 Å². The Bertz CT molecular complexity index is 1730. The molecule has 0 atom stereocenters. The van der Waals surface area contributed by atoms with Crippen molar-refractivity contribution in [3.05, 3.63) is 125 Å². The number of hydrogen-bond acceptors (Lipinski definition) is 5. The molecule has 4 aromatic rings. The number of carboxylic acids is 1. The molecule has 4 aromatic carbocycles. The molecule has 0 bridgehead atoms. The van der Waals surface area contributed by atoms with Crippen molar-refractivity contribution in [1.82, 2.24) is 5.32 Å². The number of carboxylic acid groups (broad SMARTS) is 1. The fourth-order valence-electron chi connectivity index (χ4n) is 5.28. The molecular weight excluding hydrogens is 556 g/mol. The minimum Gasteiger partial charge on any atom is -0.478 e. The number of fused-ring (bicyclic) bond motifs is 1. The third kappa shape index (κ3) is 6.84. The van der Waals surface area contributed by atoms with Gasteiger partial charge in [-0.1, -0.05) is 66.7 Å². The highest BCUT2D eigenvalue weighted by Crippen LogP contribution is 2.35. The van der Waals surface area contributed by atoms with Crippen molar-refractivity contribution < 1.29 is 24.3 Å². The molecule has 0 spiro atoms. The summed E-state index contributed by atoms with van der Waals surface area (Å²) in [5.41, 5.74) is 7.07. The molecule has 4 N–H and O–H groups in total. The minimum absolute atomic E-state index is 0.0616. The van der Waals surface area contributed by atoms with Crippen LogP contribution in [0.5, 0.6) is 0 Å². The van der Waals surface area contributed by atoms with Gasteiger partial charge < -0.3 is 26.0 Å². The van der Waals surface area contributed by atoms with Gasteiger partial charge in [-0.3, -0.25) is 14.4 Å². The van der Waals surface area contributed by atoms with E-state index in [2.05, 4.69) is 16.0 Å². The van der Waals surface area contributed by atoms with Crippen molar-refractivity contribution in [2.45, 2.75) is 26.3 Å². The molecule has 0 aromatic heterocycles. The Morgan fingerprint density at radius 3 is 2.32 bits per heavy atom. The van der Waals surface area contributed by atoms with Crippen LogP contribution >= 0.6 is 0 Å². The third-order valence-electron chi connectivity index (χ3n) is 7.51. The molecule has 5 rings (SSSR count). The van der Waals surface area contributed by atoms with E-state index in [-0.39, 0.29) is 23.8 Å². The monoisotopic (exact) mass is 588 g/mol. The molecule has 1 heterocycles. The molecule has 0 fully saturated rings. The molecule has 0 saturated carbocycles. The smallest absolute Gasteiger partial charge is 0.335 e. The van der Waals surface area contributed by atoms with Gasteiger partial charge in [0, 0.05) is 41.4 Å². The molecule has 9 heteroatoms. The maximum absolute atomic E-state index is 13.0.